The van der Waals surface area contributed by atoms with Crippen LogP contribution in [0.5, 0.6) is 0 Å². The Balaban J connectivity index is 1.65. The standard InChI is InChI=1S/C15H17F2N3O2S/c1-19(12-7-15(16,17)8-12)23(21,22)13-4-5-20-11(6-13)9-18-14(20)10-2-3-10/h4-6,9-10,12H,2-3,7-8H2,1H3. The molecule has 0 unspecified atom stereocenters. The van der Waals surface area contributed by atoms with Crippen molar-refractivity contribution in [3.63, 3.8) is 0 Å². The molecule has 2 saturated carbocycles. The zero-order valence-electron chi connectivity index (χ0n) is 12.6. The molecular weight excluding hydrogens is 324 g/mol. The predicted octanol–water partition coefficient (Wildman–Crippen LogP) is 2.63. The minimum Gasteiger partial charge on any atom is -0.303 e. The summed E-state index contributed by atoms with van der Waals surface area (Å²) in [6, 6.07) is 2.43. The average molecular weight is 341 g/mol. The highest BCUT2D eigenvalue weighted by atomic mass is 32.2. The summed E-state index contributed by atoms with van der Waals surface area (Å²) in [5.74, 6) is -1.33. The van der Waals surface area contributed by atoms with E-state index in [4.69, 9.17) is 0 Å². The molecule has 5 nitrogen and oxygen atoms in total. The molecule has 0 spiro atoms. The van der Waals surface area contributed by atoms with Crippen LogP contribution in [0.15, 0.2) is 29.4 Å². The van der Waals surface area contributed by atoms with E-state index in [0.29, 0.717) is 11.4 Å². The first-order chi connectivity index (χ1) is 10.8. The van der Waals surface area contributed by atoms with Gasteiger partial charge in [-0.2, -0.15) is 4.31 Å². The van der Waals surface area contributed by atoms with Crippen molar-refractivity contribution < 1.29 is 17.2 Å². The molecule has 8 heteroatoms. The predicted molar refractivity (Wildman–Crippen MR) is 80.1 cm³/mol. The Kier molecular flexibility index (Phi) is 3.09. The molecule has 2 aromatic heterocycles. The number of pyridine rings is 1. The highest BCUT2D eigenvalue weighted by Gasteiger charge is 2.49. The summed E-state index contributed by atoms with van der Waals surface area (Å²) in [6.45, 7) is 0. The largest absolute Gasteiger partial charge is 0.303 e. The van der Waals surface area contributed by atoms with Crippen molar-refractivity contribution in [2.75, 3.05) is 7.05 Å². The second-order valence-electron chi connectivity index (χ2n) is 6.49. The van der Waals surface area contributed by atoms with Gasteiger partial charge in [-0.15, -0.1) is 0 Å². The van der Waals surface area contributed by atoms with Gasteiger partial charge in [-0.05, 0) is 25.0 Å². The van der Waals surface area contributed by atoms with Crippen molar-refractivity contribution in [3.05, 3.63) is 30.4 Å². The van der Waals surface area contributed by atoms with E-state index in [1.165, 1.54) is 13.1 Å². The molecule has 2 heterocycles. The van der Waals surface area contributed by atoms with E-state index in [2.05, 4.69) is 4.98 Å². The molecule has 0 aromatic carbocycles. The lowest BCUT2D eigenvalue weighted by molar-refractivity contribution is -0.106. The second kappa shape index (κ2) is 4.73. The SMILES string of the molecule is CN(C1CC(F)(F)C1)S(=O)(=O)c1ccn2c(C3CC3)ncc2c1. The number of imidazole rings is 1. The van der Waals surface area contributed by atoms with Crippen molar-refractivity contribution >= 4 is 15.5 Å². The highest BCUT2D eigenvalue weighted by molar-refractivity contribution is 7.89. The molecule has 0 bridgehead atoms. The van der Waals surface area contributed by atoms with Crippen LogP contribution in [0.3, 0.4) is 0 Å². The fourth-order valence-corrected chi connectivity index (χ4v) is 4.43. The van der Waals surface area contributed by atoms with Gasteiger partial charge in [0.25, 0.3) is 5.92 Å². The molecule has 2 aromatic rings. The topological polar surface area (TPSA) is 54.7 Å². The summed E-state index contributed by atoms with van der Waals surface area (Å²) in [7, 11) is -2.41. The van der Waals surface area contributed by atoms with Gasteiger partial charge in [0.05, 0.1) is 16.6 Å². The number of sulfonamides is 1. The first-order valence-corrected chi connectivity index (χ1v) is 9.05. The third kappa shape index (κ3) is 2.44. The molecule has 124 valence electrons. The van der Waals surface area contributed by atoms with Crippen molar-refractivity contribution in [2.24, 2.45) is 0 Å². The number of alkyl halides is 2. The number of fused-ring (bicyclic) bond motifs is 1. The fourth-order valence-electron chi connectivity index (χ4n) is 3.05. The zero-order chi connectivity index (χ0) is 16.4. The van der Waals surface area contributed by atoms with Crippen LogP contribution in [0.1, 0.15) is 37.4 Å². The van der Waals surface area contributed by atoms with Crippen LogP contribution in [0.25, 0.3) is 5.52 Å². The van der Waals surface area contributed by atoms with Gasteiger partial charge in [0.2, 0.25) is 10.0 Å². The van der Waals surface area contributed by atoms with Gasteiger partial charge in [-0.25, -0.2) is 22.2 Å². The number of hydrogen-bond donors (Lipinski definition) is 0. The average Bonchev–Trinajstić information content (AvgIpc) is 3.22. The molecule has 2 aliphatic carbocycles. The Hall–Kier alpha value is -1.54. The van der Waals surface area contributed by atoms with E-state index in [0.717, 1.165) is 23.0 Å². The van der Waals surface area contributed by atoms with Crippen LogP contribution in [0, 0.1) is 0 Å². The molecule has 2 aliphatic rings. The Bertz CT molecular complexity index is 866. The smallest absolute Gasteiger partial charge is 0.251 e. The van der Waals surface area contributed by atoms with Crippen molar-refractivity contribution in [1.82, 2.24) is 13.7 Å². The Labute approximate surface area is 133 Å². The zero-order valence-corrected chi connectivity index (χ0v) is 13.4. The maximum atomic E-state index is 13.0. The Morgan fingerprint density at radius 3 is 2.65 bits per heavy atom. The van der Waals surface area contributed by atoms with Gasteiger partial charge in [0.15, 0.2) is 0 Å². The van der Waals surface area contributed by atoms with E-state index in [1.54, 1.807) is 18.5 Å². The molecule has 0 radical (unpaired) electrons. The number of aromatic nitrogens is 2. The first-order valence-electron chi connectivity index (χ1n) is 7.61. The van der Waals surface area contributed by atoms with Gasteiger partial charge in [0.1, 0.15) is 5.82 Å². The summed E-state index contributed by atoms with van der Waals surface area (Å²) < 4.78 is 54.2. The van der Waals surface area contributed by atoms with Gasteiger partial charge in [-0.1, -0.05) is 0 Å². The molecule has 4 rings (SSSR count). The van der Waals surface area contributed by atoms with Crippen LogP contribution in [0.2, 0.25) is 0 Å². The summed E-state index contributed by atoms with van der Waals surface area (Å²) in [5.41, 5.74) is 0.709. The monoisotopic (exact) mass is 341 g/mol. The summed E-state index contributed by atoms with van der Waals surface area (Å²) >= 11 is 0. The van der Waals surface area contributed by atoms with Crippen molar-refractivity contribution in [2.45, 2.75) is 48.5 Å². The highest BCUT2D eigenvalue weighted by Crippen LogP contribution is 2.42. The van der Waals surface area contributed by atoms with Crippen LogP contribution >= 0.6 is 0 Å². The van der Waals surface area contributed by atoms with E-state index < -0.39 is 34.8 Å². The van der Waals surface area contributed by atoms with Gasteiger partial charge in [0, 0.05) is 38.0 Å². The molecule has 0 N–H and O–H groups in total. The van der Waals surface area contributed by atoms with Gasteiger partial charge in [-0.3, -0.25) is 0 Å². The van der Waals surface area contributed by atoms with Crippen LogP contribution < -0.4 is 0 Å². The fraction of sp³-hybridized carbons (Fsp3) is 0.533. The van der Waals surface area contributed by atoms with Crippen LogP contribution in [0.4, 0.5) is 8.78 Å². The minimum atomic E-state index is -3.78. The molecule has 0 atom stereocenters. The maximum absolute atomic E-state index is 13.0. The quantitative estimate of drug-likeness (QED) is 0.859. The Morgan fingerprint density at radius 1 is 1.35 bits per heavy atom. The van der Waals surface area contributed by atoms with E-state index in [9.17, 15) is 17.2 Å². The minimum absolute atomic E-state index is 0.116. The molecule has 23 heavy (non-hydrogen) atoms. The molecule has 2 fully saturated rings. The summed E-state index contributed by atoms with van der Waals surface area (Å²) in [6.07, 6.45) is 4.75. The van der Waals surface area contributed by atoms with E-state index in [-0.39, 0.29) is 4.90 Å². The third-order valence-corrected chi connectivity index (χ3v) is 6.64. The molecular formula is C15H17F2N3O2S. The van der Waals surface area contributed by atoms with E-state index in [1.807, 2.05) is 4.40 Å². The Morgan fingerprint density at radius 2 is 2.04 bits per heavy atom. The number of hydrogen-bond acceptors (Lipinski definition) is 3. The van der Waals surface area contributed by atoms with Crippen molar-refractivity contribution in [1.29, 1.82) is 0 Å². The molecule has 0 aliphatic heterocycles. The van der Waals surface area contributed by atoms with E-state index >= 15 is 0 Å². The van der Waals surface area contributed by atoms with Gasteiger partial charge < -0.3 is 4.40 Å². The second-order valence-corrected chi connectivity index (χ2v) is 8.48. The number of nitrogens with zero attached hydrogens (tertiary/aromatic N) is 3. The lowest BCUT2D eigenvalue weighted by Gasteiger charge is -2.39. The van der Waals surface area contributed by atoms with Crippen LogP contribution in [-0.2, 0) is 10.0 Å². The number of halogens is 2. The maximum Gasteiger partial charge on any atom is 0.251 e. The molecule has 0 amide bonds. The first kappa shape index (κ1) is 15.0. The summed E-state index contributed by atoms with van der Waals surface area (Å²) in [5, 5.41) is 0. The molecule has 0 saturated heterocycles. The van der Waals surface area contributed by atoms with Crippen molar-refractivity contribution in [3.8, 4) is 0 Å². The van der Waals surface area contributed by atoms with Crippen LogP contribution in [-0.4, -0.2) is 41.1 Å². The number of rotatable bonds is 4. The lowest BCUT2D eigenvalue weighted by atomic mass is 9.88. The summed E-state index contributed by atoms with van der Waals surface area (Å²) in [4.78, 5) is 4.48. The third-order valence-electron chi connectivity index (χ3n) is 4.73. The van der Waals surface area contributed by atoms with Gasteiger partial charge >= 0.3 is 0 Å². The normalized spacial score (nSPS) is 21.7. The lowest BCUT2D eigenvalue weighted by Crippen LogP contribution is -2.51.